The van der Waals surface area contributed by atoms with E-state index < -0.39 is 7.12 Å². The highest BCUT2D eigenvalue weighted by atomic mass is 79.9. The number of carbonyl (C=O) groups is 1. The van der Waals surface area contributed by atoms with Crippen molar-refractivity contribution in [3.63, 3.8) is 0 Å². The van der Waals surface area contributed by atoms with E-state index in [0.29, 0.717) is 17.9 Å². The first-order valence-electron chi connectivity index (χ1n) is 9.40. The maximum Gasteiger partial charge on any atom is 0.496 e. The molecular weight excluding hydrogens is 437 g/mol. The van der Waals surface area contributed by atoms with Crippen LogP contribution in [0.1, 0.15) is 30.0 Å². The van der Waals surface area contributed by atoms with Crippen molar-refractivity contribution in [3.8, 4) is 11.5 Å². The Kier molecular flexibility index (Phi) is 8.13. The van der Waals surface area contributed by atoms with E-state index in [0.717, 1.165) is 34.1 Å². The predicted molar refractivity (Wildman–Crippen MR) is 119 cm³/mol. The first-order valence-corrected chi connectivity index (χ1v) is 10.2. The number of ether oxygens (including phenoxy) is 2. The van der Waals surface area contributed by atoms with E-state index in [4.69, 9.17) is 9.47 Å². The Balaban J connectivity index is 0.000000211. The number of amides is 1. The van der Waals surface area contributed by atoms with Gasteiger partial charge in [-0.1, -0.05) is 35.3 Å². The number of halogens is 1. The van der Waals surface area contributed by atoms with Gasteiger partial charge in [-0.15, -0.1) is 0 Å². The summed E-state index contributed by atoms with van der Waals surface area (Å²) >= 11 is 3.51. The van der Waals surface area contributed by atoms with Crippen LogP contribution in [0.25, 0.3) is 0 Å². The average molecular weight is 464 g/mol. The lowest BCUT2D eigenvalue weighted by atomic mass is 9.78. The number of rotatable bonds is 5. The molecule has 0 unspecified atom stereocenters. The largest absolute Gasteiger partial charge is 0.497 e. The molecule has 1 amide bonds. The third-order valence-electron chi connectivity index (χ3n) is 4.88. The Morgan fingerprint density at radius 3 is 2.24 bits per heavy atom. The minimum atomic E-state index is -1.60. The van der Waals surface area contributed by atoms with Crippen LogP contribution in [0, 0.1) is 6.92 Å². The van der Waals surface area contributed by atoms with Crippen molar-refractivity contribution in [1.29, 1.82) is 0 Å². The highest BCUT2D eigenvalue weighted by Gasteiger charge is 2.26. The van der Waals surface area contributed by atoms with Gasteiger partial charge >= 0.3 is 7.12 Å². The number of anilines is 1. The average Bonchev–Trinajstić information content (AvgIpc) is 2.99. The first-order chi connectivity index (χ1) is 13.7. The molecule has 6 nitrogen and oxygen atoms in total. The van der Waals surface area contributed by atoms with Gasteiger partial charge < -0.3 is 24.4 Å². The molecule has 0 atom stereocenters. The van der Waals surface area contributed by atoms with Crippen LogP contribution in [0.15, 0.2) is 28.7 Å². The number of hydrogen-bond donors (Lipinski definition) is 2. The van der Waals surface area contributed by atoms with Crippen LogP contribution in [0.2, 0.25) is 0 Å². The maximum absolute atomic E-state index is 11.4. The fraction of sp³-hybridized carbons (Fsp3) is 0.381. The molecule has 2 N–H and O–H groups in total. The Morgan fingerprint density at radius 1 is 1.17 bits per heavy atom. The van der Waals surface area contributed by atoms with Crippen molar-refractivity contribution < 1.29 is 24.3 Å². The van der Waals surface area contributed by atoms with Gasteiger partial charge in [0.1, 0.15) is 11.5 Å². The van der Waals surface area contributed by atoms with Crippen LogP contribution >= 0.6 is 15.9 Å². The third kappa shape index (κ3) is 5.12. The summed E-state index contributed by atoms with van der Waals surface area (Å²) in [4.78, 5) is 13.1. The van der Waals surface area contributed by atoms with Crippen LogP contribution in [0.3, 0.4) is 0 Å². The van der Waals surface area contributed by atoms with E-state index in [1.807, 2.05) is 26.1 Å². The Hall–Kier alpha value is -2.03. The fourth-order valence-corrected chi connectivity index (χ4v) is 3.77. The zero-order chi connectivity index (χ0) is 21.7. The Bertz CT molecular complexity index is 863. The van der Waals surface area contributed by atoms with Crippen LogP contribution in [-0.4, -0.2) is 44.3 Å². The Morgan fingerprint density at radius 2 is 1.76 bits per heavy atom. The van der Waals surface area contributed by atoms with Crippen molar-refractivity contribution in [2.24, 2.45) is 0 Å². The van der Waals surface area contributed by atoms with Gasteiger partial charge in [-0.2, -0.15) is 0 Å². The highest BCUT2D eigenvalue weighted by Crippen LogP contribution is 2.35. The Labute approximate surface area is 180 Å². The SMILES string of the molecule is CCCc1cc(OC)c(B(O)O)c(OC)c1.Cc1ccc2c(c1Br)CC(=O)N2C. The fourth-order valence-electron chi connectivity index (χ4n) is 3.30. The normalized spacial score (nSPS) is 12.3. The topological polar surface area (TPSA) is 79.2 Å². The van der Waals surface area contributed by atoms with E-state index in [1.165, 1.54) is 19.8 Å². The smallest absolute Gasteiger partial charge is 0.496 e. The molecule has 1 aliphatic heterocycles. The highest BCUT2D eigenvalue weighted by molar-refractivity contribution is 9.10. The standard InChI is InChI=1S/C11H17BO4.C10H10BrNO/c1-4-5-8-6-9(15-2)11(12(13)14)10(7-8)16-3;1-6-3-4-8-7(10(6)11)5-9(13)12(8)2/h6-7,13-14H,4-5H2,1-3H3;3-4H,5H2,1-2H3. The number of carbonyl (C=O) groups excluding carboxylic acids is 1. The van der Waals surface area contributed by atoms with Gasteiger partial charge in [0.25, 0.3) is 0 Å². The van der Waals surface area contributed by atoms with Crippen LogP contribution in [-0.2, 0) is 17.6 Å². The minimum absolute atomic E-state index is 0.168. The molecule has 0 bridgehead atoms. The number of hydrogen-bond acceptors (Lipinski definition) is 5. The van der Waals surface area contributed by atoms with Gasteiger partial charge in [0.15, 0.2) is 0 Å². The summed E-state index contributed by atoms with van der Waals surface area (Å²) in [6.45, 7) is 4.11. The first kappa shape index (κ1) is 23.3. The molecule has 0 fully saturated rings. The van der Waals surface area contributed by atoms with Crippen molar-refractivity contribution in [3.05, 3.63) is 45.4 Å². The number of benzene rings is 2. The van der Waals surface area contributed by atoms with Crippen molar-refractivity contribution >= 4 is 40.1 Å². The molecule has 0 saturated carbocycles. The predicted octanol–water partition coefficient (Wildman–Crippen LogP) is 2.61. The molecular formula is C21H27BBrNO5. The second kappa shape index (κ2) is 10.1. The number of aryl methyl sites for hydroxylation is 2. The third-order valence-corrected chi connectivity index (χ3v) is 5.98. The second-order valence-electron chi connectivity index (χ2n) is 6.86. The summed E-state index contributed by atoms with van der Waals surface area (Å²) in [6.07, 6.45) is 2.43. The van der Waals surface area contributed by atoms with E-state index >= 15 is 0 Å². The second-order valence-corrected chi connectivity index (χ2v) is 7.65. The molecule has 0 aliphatic carbocycles. The minimum Gasteiger partial charge on any atom is -0.497 e. The molecule has 2 aromatic carbocycles. The number of fused-ring (bicyclic) bond motifs is 1. The van der Waals surface area contributed by atoms with Crippen LogP contribution < -0.4 is 19.8 Å². The monoisotopic (exact) mass is 463 g/mol. The van der Waals surface area contributed by atoms with Crippen molar-refractivity contribution in [1.82, 2.24) is 0 Å². The summed E-state index contributed by atoms with van der Waals surface area (Å²) < 4.78 is 11.3. The molecule has 2 aromatic rings. The molecule has 1 heterocycles. The quantitative estimate of drug-likeness (QED) is 0.666. The lowest BCUT2D eigenvalue weighted by molar-refractivity contribution is -0.117. The molecule has 0 radical (unpaired) electrons. The van der Waals surface area contributed by atoms with Crippen LogP contribution in [0.4, 0.5) is 5.69 Å². The van der Waals surface area contributed by atoms with Crippen LogP contribution in [0.5, 0.6) is 11.5 Å². The summed E-state index contributed by atoms with van der Waals surface area (Å²) in [7, 11) is 3.21. The molecule has 156 valence electrons. The molecule has 0 aromatic heterocycles. The van der Waals surface area contributed by atoms with E-state index in [1.54, 1.807) is 17.0 Å². The van der Waals surface area contributed by atoms with Crippen molar-refractivity contribution in [2.45, 2.75) is 33.1 Å². The molecule has 1 aliphatic rings. The lowest BCUT2D eigenvalue weighted by Crippen LogP contribution is -2.32. The summed E-state index contributed by atoms with van der Waals surface area (Å²) in [6, 6.07) is 7.64. The zero-order valence-corrected chi connectivity index (χ0v) is 19.0. The molecule has 29 heavy (non-hydrogen) atoms. The maximum atomic E-state index is 11.4. The van der Waals surface area contributed by atoms with Crippen molar-refractivity contribution in [2.75, 3.05) is 26.2 Å². The van der Waals surface area contributed by atoms with Gasteiger partial charge in [-0.05, 0) is 48.2 Å². The van der Waals surface area contributed by atoms with Gasteiger partial charge in [0.2, 0.25) is 5.91 Å². The van der Waals surface area contributed by atoms with Gasteiger partial charge in [-0.25, -0.2) is 0 Å². The number of methoxy groups -OCH3 is 2. The molecule has 8 heteroatoms. The summed E-state index contributed by atoms with van der Waals surface area (Å²) in [5.41, 5.74) is 4.65. The molecule has 0 spiro atoms. The molecule has 3 rings (SSSR count). The van der Waals surface area contributed by atoms with Gasteiger partial charge in [-0.3, -0.25) is 4.79 Å². The van der Waals surface area contributed by atoms with E-state index in [9.17, 15) is 14.8 Å². The molecule has 0 saturated heterocycles. The number of nitrogens with zero attached hydrogens (tertiary/aromatic N) is 1. The van der Waals surface area contributed by atoms with Gasteiger partial charge in [0.05, 0.1) is 26.1 Å². The zero-order valence-electron chi connectivity index (χ0n) is 17.5. The number of likely N-dealkylation sites (N-methyl/N-ethyl adjacent to an activating group) is 1. The summed E-state index contributed by atoms with van der Waals surface area (Å²) in [5, 5.41) is 18.5. The van der Waals surface area contributed by atoms with E-state index in [2.05, 4.69) is 22.9 Å². The van der Waals surface area contributed by atoms with E-state index in [-0.39, 0.29) is 11.4 Å². The van der Waals surface area contributed by atoms with Gasteiger partial charge in [0, 0.05) is 17.2 Å². The lowest BCUT2D eigenvalue weighted by Gasteiger charge is -2.14. The summed E-state index contributed by atoms with van der Waals surface area (Å²) in [5.74, 6) is 1.05.